The third-order valence-electron chi connectivity index (χ3n) is 3.10. The molecule has 2 rings (SSSR count). The van der Waals surface area contributed by atoms with E-state index in [0.717, 1.165) is 12.1 Å². The first-order valence-electron chi connectivity index (χ1n) is 7.15. The Morgan fingerprint density at radius 2 is 2.04 bits per heavy atom. The highest BCUT2D eigenvalue weighted by molar-refractivity contribution is 7.89. The van der Waals surface area contributed by atoms with Gasteiger partial charge in [-0.05, 0) is 31.2 Å². The molecule has 2 aromatic carbocycles. The Morgan fingerprint density at radius 3 is 2.68 bits per heavy atom. The highest BCUT2D eigenvalue weighted by Crippen LogP contribution is 2.27. The van der Waals surface area contributed by atoms with E-state index in [4.69, 9.17) is 9.88 Å². The van der Waals surface area contributed by atoms with E-state index >= 15 is 0 Å². The van der Waals surface area contributed by atoms with Crippen molar-refractivity contribution in [3.05, 3.63) is 58.1 Å². The maximum absolute atomic E-state index is 11.3. The number of para-hydroxylation sites is 1. The number of hydrazone groups is 1. The van der Waals surface area contributed by atoms with E-state index in [1.807, 2.05) is 13.0 Å². The summed E-state index contributed by atoms with van der Waals surface area (Å²) in [5, 5.41) is 20.1. The molecule has 0 aliphatic heterocycles. The number of rotatable bonds is 7. The lowest BCUT2D eigenvalue weighted by atomic mass is 10.2. The summed E-state index contributed by atoms with van der Waals surface area (Å²) in [6.45, 7) is 2.33. The van der Waals surface area contributed by atoms with Crippen molar-refractivity contribution in [1.82, 2.24) is 0 Å². The lowest BCUT2D eigenvalue weighted by Crippen LogP contribution is -2.12. The van der Waals surface area contributed by atoms with E-state index in [1.165, 1.54) is 12.3 Å². The number of nitrogens with two attached hydrogens (primary N) is 1. The lowest BCUT2D eigenvalue weighted by molar-refractivity contribution is -0.384. The van der Waals surface area contributed by atoms with Crippen LogP contribution >= 0.6 is 0 Å². The van der Waals surface area contributed by atoms with Crippen LogP contribution < -0.4 is 15.3 Å². The van der Waals surface area contributed by atoms with Crippen molar-refractivity contribution in [1.29, 1.82) is 0 Å². The van der Waals surface area contributed by atoms with E-state index < -0.39 is 20.6 Å². The van der Waals surface area contributed by atoms with Crippen molar-refractivity contribution in [2.45, 2.75) is 11.8 Å². The molecule has 0 saturated carbocycles. The van der Waals surface area contributed by atoms with Gasteiger partial charge in [0.05, 0.1) is 22.6 Å². The van der Waals surface area contributed by atoms with Crippen LogP contribution in [0.3, 0.4) is 0 Å². The number of sulfonamides is 1. The lowest BCUT2D eigenvalue weighted by Gasteiger charge is -2.06. The van der Waals surface area contributed by atoms with Crippen LogP contribution in [0.25, 0.3) is 0 Å². The molecular weight excluding hydrogens is 348 g/mol. The SMILES string of the molecule is CCOc1ccccc1/C=N\Nc1ccc(S(N)(=O)=O)cc1[N+](=O)[O-]. The quantitative estimate of drug-likeness (QED) is 0.438. The first-order chi connectivity index (χ1) is 11.8. The molecule has 2 aromatic rings. The van der Waals surface area contributed by atoms with E-state index in [0.29, 0.717) is 17.9 Å². The van der Waals surface area contributed by atoms with Crippen molar-refractivity contribution >= 4 is 27.6 Å². The summed E-state index contributed by atoms with van der Waals surface area (Å²) < 4.78 is 28.1. The van der Waals surface area contributed by atoms with Gasteiger partial charge in [-0.2, -0.15) is 5.10 Å². The fraction of sp³-hybridized carbons (Fsp3) is 0.133. The summed E-state index contributed by atoms with van der Waals surface area (Å²) in [5.41, 5.74) is 2.78. The van der Waals surface area contributed by atoms with Crippen LogP contribution in [0.4, 0.5) is 11.4 Å². The highest BCUT2D eigenvalue weighted by Gasteiger charge is 2.18. The third-order valence-corrected chi connectivity index (χ3v) is 4.01. The smallest absolute Gasteiger partial charge is 0.295 e. The zero-order valence-corrected chi connectivity index (χ0v) is 14.1. The van der Waals surface area contributed by atoms with E-state index in [1.54, 1.807) is 18.2 Å². The number of nitrogens with zero attached hydrogens (tertiary/aromatic N) is 2. The second-order valence-corrected chi connectivity index (χ2v) is 6.38. The number of ether oxygens (including phenoxy) is 1. The molecule has 0 amide bonds. The number of anilines is 1. The zero-order chi connectivity index (χ0) is 18.4. The Hall–Kier alpha value is -2.98. The van der Waals surface area contributed by atoms with Crippen LogP contribution in [0.5, 0.6) is 5.75 Å². The van der Waals surface area contributed by atoms with Gasteiger partial charge in [-0.25, -0.2) is 13.6 Å². The average Bonchev–Trinajstić information content (AvgIpc) is 2.55. The van der Waals surface area contributed by atoms with Crippen LogP contribution in [0.2, 0.25) is 0 Å². The van der Waals surface area contributed by atoms with Crippen molar-refractivity contribution in [2.75, 3.05) is 12.0 Å². The van der Waals surface area contributed by atoms with Crippen molar-refractivity contribution in [2.24, 2.45) is 10.2 Å². The minimum Gasteiger partial charge on any atom is -0.493 e. The minimum absolute atomic E-state index is 0.0301. The molecule has 25 heavy (non-hydrogen) atoms. The van der Waals surface area contributed by atoms with Gasteiger partial charge < -0.3 is 4.74 Å². The molecule has 3 N–H and O–H groups in total. The first-order valence-corrected chi connectivity index (χ1v) is 8.69. The number of nitro groups is 1. The fourth-order valence-corrected chi connectivity index (χ4v) is 2.51. The van der Waals surface area contributed by atoms with Gasteiger partial charge in [0.2, 0.25) is 10.0 Å². The van der Waals surface area contributed by atoms with Gasteiger partial charge in [0.15, 0.2) is 0 Å². The number of benzene rings is 2. The van der Waals surface area contributed by atoms with Crippen LogP contribution in [-0.4, -0.2) is 26.2 Å². The Kier molecular flexibility index (Phi) is 5.67. The Labute approximate surface area is 144 Å². The normalized spacial score (nSPS) is 11.4. The number of nitrogens with one attached hydrogen (secondary N) is 1. The molecule has 0 atom stereocenters. The van der Waals surface area contributed by atoms with Crippen molar-refractivity contribution in [3.8, 4) is 5.75 Å². The molecule has 0 heterocycles. The summed E-state index contributed by atoms with van der Waals surface area (Å²) in [6.07, 6.45) is 1.45. The molecule has 10 heteroatoms. The summed E-state index contributed by atoms with van der Waals surface area (Å²) in [7, 11) is -4.04. The van der Waals surface area contributed by atoms with Gasteiger partial charge in [0.1, 0.15) is 11.4 Å². The molecule has 0 spiro atoms. The standard InChI is InChI=1S/C15H16N4O5S/c1-2-24-15-6-4-3-5-11(15)10-17-18-13-8-7-12(25(16,22)23)9-14(13)19(20)21/h3-10,18H,2H2,1H3,(H2,16,22,23)/b17-10-. The Balaban J connectivity index is 2.28. The highest BCUT2D eigenvalue weighted by atomic mass is 32.2. The van der Waals surface area contributed by atoms with Gasteiger partial charge in [-0.15, -0.1) is 0 Å². The zero-order valence-electron chi connectivity index (χ0n) is 13.2. The molecule has 0 aromatic heterocycles. The summed E-state index contributed by atoms with van der Waals surface area (Å²) in [4.78, 5) is 10.1. The van der Waals surface area contributed by atoms with Gasteiger partial charge in [0, 0.05) is 11.6 Å². The summed E-state index contributed by atoms with van der Waals surface area (Å²) in [5.74, 6) is 0.620. The molecule has 0 unspecified atom stereocenters. The molecular formula is C15H16N4O5S. The third kappa shape index (κ3) is 4.75. The molecule has 132 valence electrons. The fourth-order valence-electron chi connectivity index (χ4n) is 1.98. The molecule has 0 bridgehead atoms. The number of nitro benzene ring substituents is 1. The predicted molar refractivity (Wildman–Crippen MR) is 93.3 cm³/mol. The van der Waals surface area contributed by atoms with Gasteiger partial charge in [0.25, 0.3) is 5.69 Å². The summed E-state index contributed by atoms with van der Waals surface area (Å²) in [6, 6.07) is 10.4. The monoisotopic (exact) mass is 364 g/mol. The van der Waals surface area contributed by atoms with Crippen molar-refractivity contribution in [3.63, 3.8) is 0 Å². The second kappa shape index (κ2) is 7.73. The number of primary sulfonamides is 1. The molecule has 0 fully saturated rings. The van der Waals surface area contributed by atoms with Crippen LogP contribution in [0.1, 0.15) is 12.5 Å². The molecule has 0 radical (unpaired) electrons. The van der Waals surface area contributed by atoms with Crippen LogP contribution in [-0.2, 0) is 10.0 Å². The topological polar surface area (TPSA) is 137 Å². The second-order valence-electron chi connectivity index (χ2n) is 4.82. The molecule has 0 aliphatic carbocycles. The van der Waals surface area contributed by atoms with E-state index in [2.05, 4.69) is 10.5 Å². The molecule has 9 nitrogen and oxygen atoms in total. The molecule has 0 aliphatic rings. The van der Waals surface area contributed by atoms with E-state index in [-0.39, 0.29) is 10.6 Å². The number of hydrogen-bond donors (Lipinski definition) is 2. The van der Waals surface area contributed by atoms with Gasteiger partial charge in [-0.3, -0.25) is 15.5 Å². The van der Waals surface area contributed by atoms with Crippen LogP contribution in [0, 0.1) is 10.1 Å². The van der Waals surface area contributed by atoms with E-state index in [9.17, 15) is 18.5 Å². The Bertz CT molecular complexity index is 912. The van der Waals surface area contributed by atoms with Gasteiger partial charge >= 0.3 is 0 Å². The maximum atomic E-state index is 11.3. The van der Waals surface area contributed by atoms with Gasteiger partial charge in [-0.1, -0.05) is 12.1 Å². The largest absolute Gasteiger partial charge is 0.493 e. The Morgan fingerprint density at radius 1 is 1.32 bits per heavy atom. The predicted octanol–water partition coefficient (Wildman–Crippen LogP) is 2.09. The first kappa shape index (κ1) is 18.4. The minimum atomic E-state index is -4.04. The maximum Gasteiger partial charge on any atom is 0.295 e. The molecule has 0 saturated heterocycles. The van der Waals surface area contributed by atoms with Crippen LogP contribution in [0.15, 0.2) is 52.5 Å². The van der Waals surface area contributed by atoms with Crippen molar-refractivity contribution < 1.29 is 18.1 Å². The average molecular weight is 364 g/mol. The summed E-state index contributed by atoms with van der Waals surface area (Å²) >= 11 is 0. The number of hydrogen-bond acceptors (Lipinski definition) is 7.